The molecule has 3 rings (SSSR count). The highest BCUT2D eigenvalue weighted by atomic mass is 32.1. The molecule has 2 aromatic rings. The molecule has 23 heavy (non-hydrogen) atoms. The molecule has 1 atom stereocenters. The molecular weight excluding hydrogens is 312 g/mol. The minimum absolute atomic E-state index is 0.175. The van der Waals surface area contributed by atoms with E-state index in [1.54, 1.807) is 17.2 Å². The molecule has 6 heteroatoms. The Bertz CT molecular complexity index is 728. The second-order valence-corrected chi connectivity index (χ2v) is 7.07. The van der Waals surface area contributed by atoms with E-state index in [-0.39, 0.29) is 12.5 Å². The lowest BCUT2D eigenvalue weighted by Gasteiger charge is -2.19. The van der Waals surface area contributed by atoms with E-state index in [2.05, 4.69) is 4.98 Å². The van der Waals surface area contributed by atoms with Crippen LogP contribution < -0.4 is 0 Å². The Morgan fingerprint density at radius 3 is 2.74 bits per heavy atom. The molecule has 1 N–H and O–H groups in total. The van der Waals surface area contributed by atoms with E-state index in [0.29, 0.717) is 25.1 Å². The summed E-state index contributed by atoms with van der Waals surface area (Å²) in [5.74, 6) is -1.03. The number of thiazole rings is 1. The molecule has 0 spiro atoms. The van der Waals surface area contributed by atoms with Crippen LogP contribution in [0.3, 0.4) is 0 Å². The standard InChI is InChI=1S/C17H18N2O3S/c1-17(16(21)22)7-8-19(11-17)15(20)13-10-23-14(18-13)9-12-5-3-2-4-6-12/h2-6,10H,7-9,11H2,1H3,(H,21,22)/t17-/m1/s1. The Balaban J connectivity index is 1.69. The molecule has 2 heterocycles. The van der Waals surface area contributed by atoms with E-state index in [1.165, 1.54) is 11.3 Å². The van der Waals surface area contributed by atoms with Gasteiger partial charge in [-0.2, -0.15) is 0 Å². The number of likely N-dealkylation sites (tertiary alicyclic amines) is 1. The zero-order chi connectivity index (χ0) is 16.4. The summed E-state index contributed by atoms with van der Waals surface area (Å²) in [6.45, 7) is 2.39. The summed E-state index contributed by atoms with van der Waals surface area (Å²) in [7, 11) is 0. The molecular formula is C17H18N2O3S. The maximum atomic E-state index is 12.5. The summed E-state index contributed by atoms with van der Waals surface area (Å²) in [6, 6.07) is 9.98. The van der Waals surface area contributed by atoms with Crippen molar-refractivity contribution < 1.29 is 14.7 Å². The SMILES string of the molecule is C[C@@]1(C(=O)O)CCN(C(=O)c2csc(Cc3ccccc3)n2)C1. The van der Waals surface area contributed by atoms with E-state index in [9.17, 15) is 14.7 Å². The van der Waals surface area contributed by atoms with Gasteiger partial charge in [0.05, 0.1) is 10.4 Å². The average Bonchev–Trinajstić information content (AvgIpc) is 3.15. The van der Waals surface area contributed by atoms with Crippen LogP contribution in [-0.2, 0) is 11.2 Å². The highest BCUT2D eigenvalue weighted by Crippen LogP contribution is 2.31. The molecule has 1 fully saturated rings. The van der Waals surface area contributed by atoms with Gasteiger partial charge in [-0.15, -0.1) is 11.3 Å². The van der Waals surface area contributed by atoms with Crippen molar-refractivity contribution in [2.24, 2.45) is 5.41 Å². The van der Waals surface area contributed by atoms with E-state index < -0.39 is 11.4 Å². The molecule has 0 aliphatic carbocycles. The normalized spacial score (nSPS) is 20.7. The third-order valence-electron chi connectivity index (χ3n) is 4.25. The molecule has 1 aliphatic rings. The number of aliphatic carboxylic acids is 1. The summed E-state index contributed by atoms with van der Waals surface area (Å²) in [5, 5.41) is 11.9. The lowest BCUT2D eigenvalue weighted by atomic mass is 9.90. The molecule has 1 amide bonds. The van der Waals surface area contributed by atoms with Crippen LogP contribution in [0.1, 0.15) is 34.4 Å². The van der Waals surface area contributed by atoms with Crippen LogP contribution in [0.25, 0.3) is 0 Å². The van der Waals surface area contributed by atoms with Crippen LogP contribution in [-0.4, -0.2) is 40.0 Å². The smallest absolute Gasteiger partial charge is 0.311 e. The molecule has 120 valence electrons. The number of rotatable bonds is 4. The maximum Gasteiger partial charge on any atom is 0.311 e. The number of nitrogens with zero attached hydrogens (tertiary/aromatic N) is 2. The largest absolute Gasteiger partial charge is 0.481 e. The first-order valence-electron chi connectivity index (χ1n) is 7.49. The van der Waals surface area contributed by atoms with Gasteiger partial charge < -0.3 is 10.0 Å². The third kappa shape index (κ3) is 3.27. The number of carbonyl (C=O) groups is 2. The minimum Gasteiger partial charge on any atom is -0.481 e. The molecule has 5 nitrogen and oxygen atoms in total. The van der Waals surface area contributed by atoms with Crippen LogP contribution in [0.5, 0.6) is 0 Å². The van der Waals surface area contributed by atoms with Gasteiger partial charge in [-0.05, 0) is 18.9 Å². The fraction of sp³-hybridized carbons (Fsp3) is 0.353. The lowest BCUT2D eigenvalue weighted by molar-refractivity contribution is -0.147. The second kappa shape index (κ2) is 6.12. The molecule has 1 aromatic carbocycles. The topological polar surface area (TPSA) is 70.5 Å². The van der Waals surface area contributed by atoms with Crippen molar-refractivity contribution in [1.82, 2.24) is 9.88 Å². The van der Waals surface area contributed by atoms with Crippen LogP contribution in [0.2, 0.25) is 0 Å². The van der Waals surface area contributed by atoms with Gasteiger partial charge in [0, 0.05) is 24.9 Å². The summed E-state index contributed by atoms with van der Waals surface area (Å²) < 4.78 is 0. The molecule has 0 unspecified atom stereocenters. The minimum atomic E-state index is -0.851. The van der Waals surface area contributed by atoms with Gasteiger partial charge in [0.15, 0.2) is 0 Å². The number of benzene rings is 1. The Morgan fingerprint density at radius 2 is 2.09 bits per heavy atom. The summed E-state index contributed by atoms with van der Waals surface area (Å²) in [4.78, 5) is 29.8. The van der Waals surface area contributed by atoms with Crippen LogP contribution in [0, 0.1) is 5.41 Å². The zero-order valence-corrected chi connectivity index (χ0v) is 13.7. The van der Waals surface area contributed by atoms with Gasteiger partial charge in [-0.1, -0.05) is 30.3 Å². The van der Waals surface area contributed by atoms with Gasteiger partial charge in [0.1, 0.15) is 5.69 Å². The molecule has 1 aromatic heterocycles. The number of carboxylic acid groups (broad SMARTS) is 1. The molecule has 1 saturated heterocycles. The second-order valence-electron chi connectivity index (χ2n) is 6.13. The van der Waals surface area contributed by atoms with Crippen molar-refractivity contribution in [2.45, 2.75) is 19.8 Å². The summed E-state index contributed by atoms with van der Waals surface area (Å²) in [5.41, 5.74) is 0.717. The maximum absolute atomic E-state index is 12.5. The highest BCUT2D eigenvalue weighted by molar-refractivity contribution is 7.09. The summed E-state index contributed by atoms with van der Waals surface area (Å²) in [6.07, 6.45) is 1.18. The van der Waals surface area contributed by atoms with Crippen molar-refractivity contribution in [1.29, 1.82) is 0 Å². The van der Waals surface area contributed by atoms with Crippen molar-refractivity contribution in [3.05, 3.63) is 52.0 Å². The lowest BCUT2D eigenvalue weighted by Crippen LogP contribution is -2.35. The van der Waals surface area contributed by atoms with Crippen molar-refractivity contribution in [3.8, 4) is 0 Å². The van der Waals surface area contributed by atoms with Gasteiger partial charge in [-0.3, -0.25) is 9.59 Å². The number of carbonyl (C=O) groups excluding carboxylic acids is 1. The molecule has 1 aliphatic heterocycles. The highest BCUT2D eigenvalue weighted by Gasteiger charge is 2.42. The van der Waals surface area contributed by atoms with Crippen molar-refractivity contribution >= 4 is 23.2 Å². The number of aromatic nitrogens is 1. The number of hydrogen-bond donors (Lipinski definition) is 1. The zero-order valence-electron chi connectivity index (χ0n) is 12.9. The van der Waals surface area contributed by atoms with E-state index in [1.807, 2.05) is 30.3 Å². The molecule has 0 saturated carbocycles. The van der Waals surface area contributed by atoms with Crippen molar-refractivity contribution in [3.63, 3.8) is 0 Å². The summed E-state index contributed by atoms with van der Waals surface area (Å²) >= 11 is 1.46. The predicted octanol–water partition coefficient (Wildman–Crippen LogP) is 2.67. The number of carboxylic acids is 1. The number of amides is 1. The van der Waals surface area contributed by atoms with Crippen LogP contribution in [0.15, 0.2) is 35.7 Å². The fourth-order valence-corrected chi connectivity index (χ4v) is 3.53. The van der Waals surface area contributed by atoms with E-state index in [0.717, 1.165) is 10.6 Å². The Kier molecular flexibility index (Phi) is 4.17. The first-order valence-corrected chi connectivity index (χ1v) is 8.37. The van der Waals surface area contributed by atoms with Crippen LogP contribution >= 0.6 is 11.3 Å². The average molecular weight is 330 g/mol. The van der Waals surface area contributed by atoms with E-state index >= 15 is 0 Å². The monoisotopic (exact) mass is 330 g/mol. The third-order valence-corrected chi connectivity index (χ3v) is 5.09. The molecule has 0 bridgehead atoms. The van der Waals surface area contributed by atoms with Crippen LogP contribution in [0.4, 0.5) is 0 Å². The van der Waals surface area contributed by atoms with Gasteiger partial charge in [0.2, 0.25) is 0 Å². The van der Waals surface area contributed by atoms with Gasteiger partial charge in [0.25, 0.3) is 5.91 Å². The quantitative estimate of drug-likeness (QED) is 0.935. The Labute approximate surface area is 138 Å². The van der Waals surface area contributed by atoms with Gasteiger partial charge in [-0.25, -0.2) is 4.98 Å². The van der Waals surface area contributed by atoms with E-state index in [4.69, 9.17) is 0 Å². The Hall–Kier alpha value is -2.21. The number of hydrogen-bond acceptors (Lipinski definition) is 4. The first-order chi connectivity index (χ1) is 11.0. The fourth-order valence-electron chi connectivity index (χ4n) is 2.73. The Morgan fingerprint density at radius 1 is 1.35 bits per heavy atom. The van der Waals surface area contributed by atoms with Gasteiger partial charge >= 0.3 is 5.97 Å². The van der Waals surface area contributed by atoms with Crippen molar-refractivity contribution in [2.75, 3.05) is 13.1 Å². The molecule has 0 radical (unpaired) electrons. The predicted molar refractivity (Wildman–Crippen MR) is 87.6 cm³/mol. The first kappa shape index (κ1) is 15.7.